The number of para-hydroxylation sites is 3. The van der Waals surface area contributed by atoms with Gasteiger partial charge in [0.15, 0.2) is 11.4 Å². The van der Waals surface area contributed by atoms with Crippen molar-refractivity contribution in [2.24, 2.45) is 0 Å². The molecule has 0 fully saturated rings. The van der Waals surface area contributed by atoms with E-state index in [1.54, 1.807) is 0 Å². The molecule has 228 valence electrons. The minimum absolute atomic E-state index is 0.645. The van der Waals surface area contributed by atoms with Crippen molar-refractivity contribution in [1.82, 2.24) is 14.5 Å². The zero-order valence-electron chi connectivity index (χ0n) is 26.1. The van der Waals surface area contributed by atoms with Crippen molar-refractivity contribution < 1.29 is 9.15 Å². The molecule has 5 nitrogen and oxygen atoms in total. The van der Waals surface area contributed by atoms with Crippen LogP contribution >= 0.6 is 0 Å². The van der Waals surface area contributed by atoms with Crippen molar-refractivity contribution in [1.29, 1.82) is 0 Å². The zero-order valence-corrected chi connectivity index (χ0v) is 26.1. The fraction of sp³-hybridized carbons (Fsp3) is 0. The minimum Gasteiger partial charge on any atom is -0.456 e. The molecule has 5 heteroatoms. The topological polar surface area (TPSA) is 53.1 Å². The van der Waals surface area contributed by atoms with Crippen LogP contribution < -0.4 is 4.74 Å². The maximum atomic E-state index is 6.63. The summed E-state index contributed by atoms with van der Waals surface area (Å²) in [6.45, 7) is 0. The summed E-state index contributed by atoms with van der Waals surface area (Å²) in [6.07, 6.45) is 0. The quantitative estimate of drug-likeness (QED) is 0.196. The van der Waals surface area contributed by atoms with Crippen LogP contribution in [0.15, 0.2) is 156 Å². The molecule has 0 unspecified atom stereocenters. The second-order valence-electron chi connectivity index (χ2n) is 12.5. The summed E-state index contributed by atoms with van der Waals surface area (Å²) in [7, 11) is 0. The predicted octanol–water partition coefficient (Wildman–Crippen LogP) is 11.7. The van der Waals surface area contributed by atoms with Gasteiger partial charge in [-0.25, -0.2) is 9.97 Å². The first-order valence-corrected chi connectivity index (χ1v) is 16.4. The van der Waals surface area contributed by atoms with Crippen molar-refractivity contribution in [2.75, 3.05) is 0 Å². The molecule has 1 aliphatic rings. The van der Waals surface area contributed by atoms with Crippen LogP contribution in [0, 0.1) is 0 Å². The van der Waals surface area contributed by atoms with Crippen LogP contribution in [0.4, 0.5) is 0 Å². The van der Waals surface area contributed by atoms with E-state index in [0.29, 0.717) is 11.4 Å². The Morgan fingerprint density at radius 2 is 1.18 bits per heavy atom. The summed E-state index contributed by atoms with van der Waals surface area (Å²) < 4.78 is 15.3. The molecule has 0 bridgehead atoms. The standard InChI is InChI=1S/C44H25N3O2/c1-2-11-26(12-3-1)41-43-42(33-15-6-9-20-37(33)49-43)46-44(45-41)32-22-24-39-40-30(32)16-10-17-31(40)34-25-27(21-23-38(34)48-39)47-35-18-7-4-13-28(35)29-14-5-8-19-36(29)47/h1-25H. The summed E-state index contributed by atoms with van der Waals surface area (Å²) >= 11 is 0. The highest BCUT2D eigenvalue weighted by Gasteiger charge is 2.25. The number of ether oxygens (including phenoxy) is 1. The number of furan rings is 1. The maximum absolute atomic E-state index is 6.63. The van der Waals surface area contributed by atoms with E-state index < -0.39 is 0 Å². The second kappa shape index (κ2) is 9.89. The van der Waals surface area contributed by atoms with Gasteiger partial charge in [0, 0.05) is 43.9 Å². The van der Waals surface area contributed by atoms with E-state index in [2.05, 4.69) is 114 Å². The van der Waals surface area contributed by atoms with Crippen molar-refractivity contribution in [2.45, 2.75) is 0 Å². The predicted molar refractivity (Wildman–Crippen MR) is 198 cm³/mol. The van der Waals surface area contributed by atoms with Crippen molar-refractivity contribution in [3.8, 4) is 51.0 Å². The van der Waals surface area contributed by atoms with Crippen LogP contribution in [-0.4, -0.2) is 14.5 Å². The van der Waals surface area contributed by atoms with E-state index in [1.807, 2.05) is 42.5 Å². The molecule has 11 rings (SSSR count). The molecule has 10 aromatic rings. The fourth-order valence-electron chi connectivity index (χ4n) is 7.66. The SMILES string of the molecule is c1ccc(-c2nc(-c3ccc4c5c(cccc35)-c3cc(-n5c6ccccc6c6ccccc65)ccc3O4)nc3c2oc2ccccc23)cc1. The molecule has 0 aliphatic carbocycles. The van der Waals surface area contributed by atoms with Gasteiger partial charge in [-0.3, -0.25) is 0 Å². The Morgan fingerprint density at radius 3 is 2.00 bits per heavy atom. The Kier molecular flexibility index (Phi) is 5.32. The lowest BCUT2D eigenvalue weighted by atomic mass is 9.92. The molecule has 49 heavy (non-hydrogen) atoms. The van der Waals surface area contributed by atoms with E-state index in [0.717, 1.165) is 72.4 Å². The Bertz CT molecular complexity index is 2920. The minimum atomic E-state index is 0.645. The van der Waals surface area contributed by atoms with Gasteiger partial charge < -0.3 is 13.7 Å². The van der Waals surface area contributed by atoms with Crippen molar-refractivity contribution in [3.05, 3.63) is 152 Å². The number of hydrogen-bond acceptors (Lipinski definition) is 4. The van der Waals surface area contributed by atoms with E-state index in [9.17, 15) is 0 Å². The van der Waals surface area contributed by atoms with Gasteiger partial charge >= 0.3 is 0 Å². The largest absolute Gasteiger partial charge is 0.456 e. The highest BCUT2D eigenvalue weighted by molar-refractivity contribution is 6.12. The van der Waals surface area contributed by atoms with E-state index in [1.165, 1.54) is 21.8 Å². The van der Waals surface area contributed by atoms with Gasteiger partial charge in [0.25, 0.3) is 0 Å². The van der Waals surface area contributed by atoms with E-state index in [4.69, 9.17) is 19.1 Å². The monoisotopic (exact) mass is 627 g/mol. The molecule has 4 heterocycles. The lowest BCUT2D eigenvalue weighted by Crippen LogP contribution is -2.01. The van der Waals surface area contributed by atoms with E-state index in [-0.39, 0.29) is 0 Å². The first kappa shape index (κ1) is 26.4. The number of aromatic nitrogens is 3. The normalized spacial score (nSPS) is 12.2. The smallest absolute Gasteiger partial charge is 0.180 e. The number of hydrogen-bond donors (Lipinski definition) is 0. The van der Waals surface area contributed by atoms with Gasteiger partial charge in [-0.2, -0.15) is 0 Å². The highest BCUT2D eigenvalue weighted by atomic mass is 16.5. The third kappa shape index (κ3) is 3.75. The van der Waals surface area contributed by atoms with Crippen LogP contribution in [0.5, 0.6) is 11.5 Å². The number of benzene rings is 7. The molecule has 0 radical (unpaired) electrons. The van der Waals surface area contributed by atoms with Crippen molar-refractivity contribution >= 4 is 54.6 Å². The molecular formula is C44H25N3O2. The van der Waals surface area contributed by atoms with Gasteiger partial charge in [0.2, 0.25) is 0 Å². The molecule has 0 amide bonds. The summed E-state index contributed by atoms with van der Waals surface area (Å²) in [6, 6.07) is 52.5. The maximum Gasteiger partial charge on any atom is 0.180 e. The molecule has 0 atom stereocenters. The number of fused-ring (bicyclic) bond motifs is 8. The first-order valence-electron chi connectivity index (χ1n) is 16.4. The summed E-state index contributed by atoms with van der Waals surface area (Å²) in [5.41, 5.74) is 10.6. The molecule has 0 saturated carbocycles. The Labute approximate surface area is 280 Å². The average Bonchev–Trinajstić information content (AvgIpc) is 3.71. The average molecular weight is 628 g/mol. The van der Waals surface area contributed by atoms with Gasteiger partial charge in [0.1, 0.15) is 28.3 Å². The molecule has 0 N–H and O–H groups in total. The first-order chi connectivity index (χ1) is 24.3. The molecule has 3 aromatic heterocycles. The second-order valence-corrected chi connectivity index (χ2v) is 12.5. The molecule has 7 aromatic carbocycles. The Hall–Kier alpha value is -6.72. The Balaban J connectivity index is 1.14. The summed E-state index contributed by atoms with van der Waals surface area (Å²) in [4.78, 5) is 10.4. The molecule has 0 spiro atoms. The Morgan fingerprint density at radius 1 is 0.490 bits per heavy atom. The van der Waals surface area contributed by atoms with Gasteiger partial charge in [-0.05, 0) is 65.5 Å². The number of nitrogens with zero attached hydrogens (tertiary/aromatic N) is 3. The zero-order chi connectivity index (χ0) is 32.1. The van der Waals surface area contributed by atoms with Crippen LogP contribution in [0.3, 0.4) is 0 Å². The molecular weight excluding hydrogens is 603 g/mol. The van der Waals surface area contributed by atoms with Gasteiger partial charge in [-0.1, -0.05) is 97.1 Å². The molecule has 1 aliphatic heterocycles. The number of rotatable bonds is 3. The van der Waals surface area contributed by atoms with Crippen LogP contribution in [-0.2, 0) is 0 Å². The van der Waals surface area contributed by atoms with Crippen LogP contribution in [0.2, 0.25) is 0 Å². The molecule has 0 saturated heterocycles. The lowest BCUT2D eigenvalue weighted by molar-refractivity contribution is 0.487. The lowest BCUT2D eigenvalue weighted by Gasteiger charge is -2.23. The van der Waals surface area contributed by atoms with Crippen LogP contribution in [0.1, 0.15) is 0 Å². The third-order valence-electron chi connectivity index (χ3n) is 9.82. The van der Waals surface area contributed by atoms with E-state index >= 15 is 0 Å². The van der Waals surface area contributed by atoms with Gasteiger partial charge in [-0.15, -0.1) is 0 Å². The highest BCUT2D eigenvalue weighted by Crippen LogP contribution is 2.49. The summed E-state index contributed by atoms with van der Waals surface area (Å²) in [5, 5.41) is 5.53. The van der Waals surface area contributed by atoms with Crippen molar-refractivity contribution in [3.63, 3.8) is 0 Å². The van der Waals surface area contributed by atoms with Crippen LogP contribution in [0.25, 0.3) is 94.1 Å². The fourth-order valence-corrected chi connectivity index (χ4v) is 7.66. The van der Waals surface area contributed by atoms with Gasteiger partial charge in [0.05, 0.1) is 11.0 Å². The summed E-state index contributed by atoms with van der Waals surface area (Å²) in [5.74, 6) is 2.31. The third-order valence-corrected chi connectivity index (χ3v) is 9.82.